The Kier molecular flexibility index (Phi) is 4.78. The SMILES string of the molecule is CCc1nn(C)cc1CNC(C)c1c(C)cc(C)nc1C. The normalized spacial score (nSPS) is 12.7. The van der Waals surface area contributed by atoms with Crippen LogP contribution in [0.3, 0.4) is 0 Å². The molecule has 0 bridgehead atoms. The summed E-state index contributed by atoms with van der Waals surface area (Å²) in [6.07, 6.45) is 3.07. The van der Waals surface area contributed by atoms with Crippen molar-refractivity contribution in [1.82, 2.24) is 20.1 Å². The van der Waals surface area contributed by atoms with Crippen LogP contribution in [0, 0.1) is 20.8 Å². The Morgan fingerprint density at radius 3 is 2.62 bits per heavy atom. The van der Waals surface area contributed by atoms with Crippen LogP contribution in [-0.2, 0) is 20.0 Å². The van der Waals surface area contributed by atoms with Crippen molar-refractivity contribution in [1.29, 1.82) is 0 Å². The van der Waals surface area contributed by atoms with Gasteiger partial charge in [-0.05, 0) is 51.3 Å². The number of nitrogens with one attached hydrogen (secondary N) is 1. The highest BCUT2D eigenvalue weighted by Gasteiger charge is 2.14. The van der Waals surface area contributed by atoms with E-state index in [1.54, 1.807) is 0 Å². The summed E-state index contributed by atoms with van der Waals surface area (Å²) < 4.78 is 1.89. The predicted octanol–water partition coefficient (Wildman–Crippen LogP) is 3.15. The Balaban J connectivity index is 2.13. The van der Waals surface area contributed by atoms with Crippen molar-refractivity contribution in [2.24, 2.45) is 7.05 Å². The number of nitrogens with zero attached hydrogens (tertiary/aromatic N) is 3. The minimum Gasteiger partial charge on any atom is -0.306 e. The molecule has 0 amide bonds. The fourth-order valence-corrected chi connectivity index (χ4v) is 3.08. The van der Waals surface area contributed by atoms with E-state index in [0.717, 1.165) is 24.4 Å². The molecule has 0 aromatic carbocycles. The van der Waals surface area contributed by atoms with Crippen LogP contribution in [0.5, 0.6) is 0 Å². The minimum atomic E-state index is 0.281. The van der Waals surface area contributed by atoms with Crippen LogP contribution in [0.25, 0.3) is 0 Å². The summed E-state index contributed by atoms with van der Waals surface area (Å²) in [7, 11) is 1.98. The van der Waals surface area contributed by atoms with Gasteiger partial charge in [-0.2, -0.15) is 5.10 Å². The quantitative estimate of drug-likeness (QED) is 0.918. The van der Waals surface area contributed by atoms with Gasteiger partial charge in [-0.1, -0.05) is 6.92 Å². The fraction of sp³-hybridized carbons (Fsp3) is 0.529. The van der Waals surface area contributed by atoms with Gasteiger partial charge in [0, 0.05) is 42.8 Å². The third-order valence-electron chi connectivity index (χ3n) is 3.94. The molecule has 0 saturated carbocycles. The van der Waals surface area contributed by atoms with Crippen molar-refractivity contribution in [2.45, 2.75) is 53.6 Å². The molecule has 2 rings (SSSR count). The molecular formula is C17H26N4. The number of hydrogen-bond acceptors (Lipinski definition) is 3. The largest absolute Gasteiger partial charge is 0.306 e. The van der Waals surface area contributed by atoms with Crippen LogP contribution in [0.2, 0.25) is 0 Å². The first-order valence-electron chi connectivity index (χ1n) is 7.61. The van der Waals surface area contributed by atoms with Crippen LogP contribution in [0.1, 0.15) is 53.7 Å². The molecule has 1 unspecified atom stereocenters. The first kappa shape index (κ1) is 15.7. The molecule has 2 aromatic rings. The second kappa shape index (κ2) is 6.39. The van der Waals surface area contributed by atoms with Gasteiger partial charge in [0.15, 0.2) is 0 Å². The van der Waals surface area contributed by atoms with Crippen molar-refractivity contribution in [3.63, 3.8) is 0 Å². The molecule has 0 radical (unpaired) electrons. The Bertz CT molecular complexity index is 605. The molecule has 2 heterocycles. The second-order valence-corrected chi connectivity index (χ2v) is 5.81. The maximum absolute atomic E-state index is 4.59. The zero-order valence-electron chi connectivity index (χ0n) is 14.0. The van der Waals surface area contributed by atoms with Gasteiger partial charge in [-0.15, -0.1) is 0 Å². The standard InChI is InChI=1S/C17H26N4/c1-7-16-15(10-21(6)20-16)9-18-13(4)17-11(2)8-12(3)19-14(17)5/h8,10,13,18H,7,9H2,1-6H3. The molecule has 0 saturated heterocycles. The summed E-state index contributed by atoms with van der Waals surface area (Å²) >= 11 is 0. The Labute approximate surface area is 127 Å². The molecule has 0 fully saturated rings. The molecule has 0 aliphatic carbocycles. The highest BCUT2D eigenvalue weighted by atomic mass is 15.3. The van der Waals surface area contributed by atoms with E-state index >= 15 is 0 Å². The molecule has 1 N–H and O–H groups in total. The van der Waals surface area contributed by atoms with Crippen LogP contribution in [0.4, 0.5) is 0 Å². The zero-order chi connectivity index (χ0) is 15.6. The van der Waals surface area contributed by atoms with Gasteiger partial charge in [0.1, 0.15) is 0 Å². The summed E-state index contributed by atoms with van der Waals surface area (Å²) in [5.74, 6) is 0. The van der Waals surface area contributed by atoms with E-state index in [9.17, 15) is 0 Å². The summed E-state index contributed by atoms with van der Waals surface area (Å²) in [5.41, 5.74) is 7.27. The van der Waals surface area contributed by atoms with Crippen molar-refractivity contribution in [3.05, 3.63) is 46.0 Å². The highest BCUT2D eigenvalue weighted by molar-refractivity contribution is 5.33. The van der Waals surface area contributed by atoms with Gasteiger partial charge in [0.2, 0.25) is 0 Å². The first-order valence-corrected chi connectivity index (χ1v) is 7.61. The van der Waals surface area contributed by atoms with Crippen molar-refractivity contribution >= 4 is 0 Å². The third-order valence-corrected chi connectivity index (χ3v) is 3.94. The number of rotatable bonds is 5. The van der Waals surface area contributed by atoms with E-state index in [1.807, 2.05) is 18.7 Å². The monoisotopic (exact) mass is 286 g/mol. The van der Waals surface area contributed by atoms with Gasteiger partial charge in [-0.3, -0.25) is 9.67 Å². The molecule has 1 atom stereocenters. The van der Waals surface area contributed by atoms with Gasteiger partial charge in [-0.25, -0.2) is 0 Å². The molecule has 114 valence electrons. The average Bonchev–Trinajstić information content (AvgIpc) is 2.75. The summed E-state index contributed by atoms with van der Waals surface area (Å²) in [4.78, 5) is 4.59. The third kappa shape index (κ3) is 3.50. The van der Waals surface area contributed by atoms with E-state index in [1.165, 1.54) is 22.4 Å². The van der Waals surface area contributed by atoms with E-state index in [2.05, 4.69) is 55.4 Å². The maximum atomic E-state index is 4.59. The Morgan fingerprint density at radius 2 is 2.00 bits per heavy atom. The lowest BCUT2D eigenvalue weighted by Crippen LogP contribution is -2.21. The molecule has 0 spiro atoms. The number of aryl methyl sites for hydroxylation is 5. The van der Waals surface area contributed by atoms with Crippen molar-refractivity contribution < 1.29 is 0 Å². The van der Waals surface area contributed by atoms with Crippen LogP contribution in [0.15, 0.2) is 12.3 Å². The first-order chi connectivity index (χ1) is 9.92. The lowest BCUT2D eigenvalue weighted by molar-refractivity contribution is 0.564. The van der Waals surface area contributed by atoms with Crippen molar-refractivity contribution in [3.8, 4) is 0 Å². The number of pyridine rings is 1. The number of aromatic nitrogens is 3. The molecule has 4 heteroatoms. The fourth-order valence-electron chi connectivity index (χ4n) is 3.08. The molecule has 2 aromatic heterocycles. The van der Waals surface area contributed by atoms with Crippen LogP contribution >= 0.6 is 0 Å². The van der Waals surface area contributed by atoms with Gasteiger partial charge in [0.05, 0.1) is 5.69 Å². The van der Waals surface area contributed by atoms with E-state index in [0.29, 0.717) is 0 Å². The maximum Gasteiger partial charge on any atom is 0.0666 e. The van der Waals surface area contributed by atoms with Crippen molar-refractivity contribution in [2.75, 3.05) is 0 Å². The van der Waals surface area contributed by atoms with Gasteiger partial charge >= 0.3 is 0 Å². The average molecular weight is 286 g/mol. The van der Waals surface area contributed by atoms with E-state index in [4.69, 9.17) is 0 Å². The Hall–Kier alpha value is -1.68. The lowest BCUT2D eigenvalue weighted by atomic mass is 10.00. The highest BCUT2D eigenvalue weighted by Crippen LogP contribution is 2.21. The minimum absolute atomic E-state index is 0.281. The summed E-state index contributed by atoms with van der Waals surface area (Å²) in [6.45, 7) is 11.5. The zero-order valence-corrected chi connectivity index (χ0v) is 14.0. The lowest BCUT2D eigenvalue weighted by Gasteiger charge is -2.19. The van der Waals surface area contributed by atoms with E-state index in [-0.39, 0.29) is 6.04 Å². The van der Waals surface area contributed by atoms with Gasteiger partial charge < -0.3 is 5.32 Å². The molecule has 4 nitrogen and oxygen atoms in total. The summed E-state index contributed by atoms with van der Waals surface area (Å²) in [5, 5.41) is 8.10. The predicted molar refractivity (Wildman–Crippen MR) is 86.3 cm³/mol. The Morgan fingerprint density at radius 1 is 1.29 bits per heavy atom. The molecule has 21 heavy (non-hydrogen) atoms. The second-order valence-electron chi connectivity index (χ2n) is 5.81. The van der Waals surface area contributed by atoms with Crippen LogP contribution in [-0.4, -0.2) is 14.8 Å². The topological polar surface area (TPSA) is 42.7 Å². The summed E-state index contributed by atoms with van der Waals surface area (Å²) in [6, 6.07) is 2.44. The molecule has 0 aliphatic rings. The van der Waals surface area contributed by atoms with Crippen LogP contribution < -0.4 is 5.32 Å². The number of hydrogen-bond donors (Lipinski definition) is 1. The van der Waals surface area contributed by atoms with E-state index < -0.39 is 0 Å². The molecular weight excluding hydrogens is 260 g/mol. The van der Waals surface area contributed by atoms with Gasteiger partial charge in [0.25, 0.3) is 0 Å². The smallest absolute Gasteiger partial charge is 0.0666 e. The molecule has 0 aliphatic heterocycles.